The molecular formula is C13H17BrO2S. The van der Waals surface area contributed by atoms with Gasteiger partial charge in [0.05, 0.1) is 0 Å². The lowest BCUT2D eigenvalue weighted by atomic mass is 10.2. The molecule has 0 bridgehead atoms. The summed E-state index contributed by atoms with van der Waals surface area (Å²) in [5.74, 6) is -0.182. The fourth-order valence-electron chi connectivity index (χ4n) is 1.16. The van der Waals surface area contributed by atoms with Gasteiger partial charge in [-0.1, -0.05) is 12.1 Å². The number of esters is 1. The molecule has 1 aromatic rings. The Morgan fingerprint density at radius 1 is 1.35 bits per heavy atom. The van der Waals surface area contributed by atoms with Crippen LogP contribution in [0.2, 0.25) is 0 Å². The summed E-state index contributed by atoms with van der Waals surface area (Å²) in [6.07, 6.45) is 0. The maximum Gasteiger partial charge on any atom is 0.319 e. The lowest BCUT2D eigenvalue weighted by molar-refractivity contribution is -0.153. The second-order valence-electron chi connectivity index (χ2n) is 4.72. The number of rotatable bonds is 3. The van der Waals surface area contributed by atoms with E-state index in [4.69, 9.17) is 4.74 Å². The maximum atomic E-state index is 11.8. The van der Waals surface area contributed by atoms with Crippen molar-refractivity contribution < 1.29 is 9.53 Å². The number of carbonyl (C=O) groups excluding carboxylic acids is 1. The van der Waals surface area contributed by atoms with Gasteiger partial charge >= 0.3 is 5.97 Å². The largest absolute Gasteiger partial charge is 0.459 e. The second kappa shape index (κ2) is 5.91. The molecule has 1 unspecified atom stereocenters. The van der Waals surface area contributed by atoms with Gasteiger partial charge in [0.2, 0.25) is 0 Å². The second-order valence-corrected chi connectivity index (χ2v) is 6.96. The van der Waals surface area contributed by atoms with Gasteiger partial charge in [-0.05, 0) is 55.8 Å². The standard InChI is InChI=1S/C13H17BrO2S/c1-9(12(15)16-13(2,3)4)17-11-8-6-5-7-10(11)14/h5-9H,1-4H3. The summed E-state index contributed by atoms with van der Waals surface area (Å²) in [5.41, 5.74) is -0.431. The van der Waals surface area contributed by atoms with Crippen LogP contribution in [0.4, 0.5) is 0 Å². The third-order valence-electron chi connectivity index (χ3n) is 1.88. The number of benzene rings is 1. The van der Waals surface area contributed by atoms with Crippen molar-refractivity contribution in [1.82, 2.24) is 0 Å². The van der Waals surface area contributed by atoms with Gasteiger partial charge in [0.15, 0.2) is 0 Å². The van der Waals surface area contributed by atoms with Gasteiger partial charge in [-0.3, -0.25) is 4.79 Å². The normalized spacial score (nSPS) is 13.2. The molecule has 0 heterocycles. The molecule has 1 rings (SSSR count). The van der Waals surface area contributed by atoms with Gasteiger partial charge in [-0.25, -0.2) is 0 Å². The molecule has 0 aromatic heterocycles. The molecule has 0 radical (unpaired) electrons. The molecule has 0 fully saturated rings. The highest BCUT2D eigenvalue weighted by Crippen LogP contribution is 2.31. The summed E-state index contributed by atoms with van der Waals surface area (Å²) in [4.78, 5) is 12.9. The topological polar surface area (TPSA) is 26.3 Å². The molecule has 0 aliphatic heterocycles. The van der Waals surface area contributed by atoms with Crippen LogP contribution in [0.15, 0.2) is 33.6 Å². The van der Waals surface area contributed by atoms with E-state index in [-0.39, 0.29) is 11.2 Å². The van der Waals surface area contributed by atoms with Gasteiger partial charge in [0, 0.05) is 9.37 Å². The van der Waals surface area contributed by atoms with Crippen molar-refractivity contribution in [3.63, 3.8) is 0 Å². The number of thioether (sulfide) groups is 1. The van der Waals surface area contributed by atoms with E-state index in [1.165, 1.54) is 11.8 Å². The van der Waals surface area contributed by atoms with Crippen LogP contribution in [0.1, 0.15) is 27.7 Å². The summed E-state index contributed by atoms with van der Waals surface area (Å²) in [6.45, 7) is 7.49. The molecular weight excluding hydrogens is 300 g/mol. The average molecular weight is 317 g/mol. The molecule has 0 amide bonds. The fourth-order valence-corrected chi connectivity index (χ4v) is 2.59. The van der Waals surface area contributed by atoms with Crippen LogP contribution in [0, 0.1) is 0 Å². The Morgan fingerprint density at radius 3 is 2.47 bits per heavy atom. The zero-order chi connectivity index (χ0) is 13.1. The molecule has 94 valence electrons. The molecule has 1 aromatic carbocycles. The third-order valence-corrected chi connectivity index (χ3v) is 3.99. The summed E-state index contributed by atoms with van der Waals surface area (Å²) in [5, 5.41) is -0.215. The zero-order valence-electron chi connectivity index (χ0n) is 10.5. The summed E-state index contributed by atoms with van der Waals surface area (Å²) in [7, 11) is 0. The number of hydrogen-bond donors (Lipinski definition) is 0. The first-order chi connectivity index (χ1) is 7.79. The summed E-state index contributed by atoms with van der Waals surface area (Å²) >= 11 is 4.96. The van der Waals surface area contributed by atoms with Crippen LogP contribution in [-0.2, 0) is 9.53 Å². The van der Waals surface area contributed by atoms with Crippen LogP contribution in [0.25, 0.3) is 0 Å². The molecule has 0 spiro atoms. The third kappa shape index (κ3) is 5.13. The molecule has 0 aliphatic carbocycles. The molecule has 0 saturated carbocycles. The molecule has 4 heteroatoms. The van der Waals surface area contributed by atoms with Gasteiger partial charge in [0.25, 0.3) is 0 Å². The highest BCUT2D eigenvalue weighted by atomic mass is 79.9. The van der Waals surface area contributed by atoms with Crippen molar-refractivity contribution in [2.24, 2.45) is 0 Å². The van der Waals surface area contributed by atoms with E-state index in [2.05, 4.69) is 15.9 Å². The predicted molar refractivity (Wildman–Crippen MR) is 75.3 cm³/mol. The Labute approximate surface area is 115 Å². The van der Waals surface area contributed by atoms with Gasteiger partial charge in [0.1, 0.15) is 10.9 Å². The van der Waals surface area contributed by atoms with Crippen molar-refractivity contribution in [2.75, 3.05) is 0 Å². The SMILES string of the molecule is CC(Sc1ccccc1Br)C(=O)OC(C)(C)C. The van der Waals surface area contributed by atoms with Crippen molar-refractivity contribution in [1.29, 1.82) is 0 Å². The van der Waals surface area contributed by atoms with E-state index in [0.717, 1.165) is 9.37 Å². The lowest BCUT2D eigenvalue weighted by Crippen LogP contribution is -2.28. The van der Waals surface area contributed by atoms with Crippen LogP contribution in [0.3, 0.4) is 0 Å². The first-order valence-electron chi connectivity index (χ1n) is 5.43. The van der Waals surface area contributed by atoms with Crippen molar-refractivity contribution >= 4 is 33.7 Å². The average Bonchev–Trinajstić information content (AvgIpc) is 2.18. The first kappa shape index (κ1) is 14.6. The van der Waals surface area contributed by atoms with E-state index in [1.807, 2.05) is 52.0 Å². The molecule has 0 saturated heterocycles. The van der Waals surface area contributed by atoms with Gasteiger partial charge in [-0.15, -0.1) is 11.8 Å². The van der Waals surface area contributed by atoms with E-state index >= 15 is 0 Å². The predicted octanol–water partition coefficient (Wildman–Crippen LogP) is 4.27. The Bertz CT molecular complexity index is 399. The first-order valence-corrected chi connectivity index (χ1v) is 7.11. The van der Waals surface area contributed by atoms with Crippen LogP contribution in [-0.4, -0.2) is 16.8 Å². The monoisotopic (exact) mass is 316 g/mol. The number of carbonyl (C=O) groups is 1. The smallest absolute Gasteiger partial charge is 0.319 e. The Kier molecular flexibility index (Phi) is 5.07. The molecule has 17 heavy (non-hydrogen) atoms. The number of hydrogen-bond acceptors (Lipinski definition) is 3. The van der Waals surface area contributed by atoms with Crippen LogP contribution < -0.4 is 0 Å². The minimum atomic E-state index is -0.431. The Hall–Kier alpha value is -0.480. The lowest BCUT2D eigenvalue weighted by Gasteiger charge is -2.22. The Morgan fingerprint density at radius 2 is 1.94 bits per heavy atom. The number of ether oxygens (including phenoxy) is 1. The quantitative estimate of drug-likeness (QED) is 0.615. The van der Waals surface area contributed by atoms with Gasteiger partial charge in [-0.2, -0.15) is 0 Å². The summed E-state index contributed by atoms with van der Waals surface area (Å²) in [6, 6.07) is 7.85. The van der Waals surface area contributed by atoms with Crippen LogP contribution in [0.5, 0.6) is 0 Å². The fraction of sp³-hybridized carbons (Fsp3) is 0.462. The molecule has 0 aliphatic rings. The minimum absolute atomic E-state index is 0.182. The van der Waals surface area contributed by atoms with Crippen molar-refractivity contribution in [3.8, 4) is 0 Å². The molecule has 2 nitrogen and oxygen atoms in total. The van der Waals surface area contributed by atoms with Crippen molar-refractivity contribution in [3.05, 3.63) is 28.7 Å². The molecule has 0 N–H and O–H groups in total. The van der Waals surface area contributed by atoms with Crippen LogP contribution >= 0.6 is 27.7 Å². The highest BCUT2D eigenvalue weighted by molar-refractivity contribution is 9.10. The van der Waals surface area contributed by atoms with Gasteiger partial charge < -0.3 is 4.74 Å². The molecule has 1 atom stereocenters. The van der Waals surface area contributed by atoms with E-state index in [1.54, 1.807) is 0 Å². The van der Waals surface area contributed by atoms with E-state index in [0.29, 0.717) is 0 Å². The summed E-state index contributed by atoms with van der Waals surface area (Å²) < 4.78 is 6.34. The van der Waals surface area contributed by atoms with Crippen molar-refractivity contribution in [2.45, 2.75) is 43.4 Å². The van der Waals surface area contributed by atoms with E-state index < -0.39 is 5.60 Å². The zero-order valence-corrected chi connectivity index (χ0v) is 12.9. The van der Waals surface area contributed by atoms with E-state index in [9.17, 15) is 4.79 Å². The minimum Gasteiger partial charge on any atom is -0.459 e. The number of halogens is 1. The Balaban J connectivity index is 2.64. The highest BCUT2D eigenvalue weighted by Gasteiger charge is 2.22. The maximum absolute atomic E-state index is 11.8.